The molecule has 0 aliphatic carbocycles. The van der Waals surface area contributed by atoms with Gasteiger partial charge < -0.3 is 10.5 Å². The van der Waals surface area contributed by atoms with Crippen molar-refractivity contribution >= 4 is 11.6 Å². The van der Waals surface area contributed by atoms with E-state index in [0.29, 0.717) is 23.2 Å². The number of hydrogen-bond acceptors (Lipinski definition) is 3. The fourth-order valence-corrected chi connectivity index (χ4v) is 2.37. The third kappa shape index (κ3) is 2.07. The molecular weight excluding hydrogens is 267 g/mol. The first-order chi connectivity index (χ1) is 8.97. The summed E-state index contributed by atoms with van der Waals surface area (Å²) in [7, 11) is 0. The van der Waals surface area contributed by atoms with E-state index < -0.39 is 5.54 Å². The van der Waals surface area contributed by atoms with E-state index in [2.05, 4.69) is 4.98 Å². The first-order valence-corrected chi connectivity index (χ1v) is 6.24. The Morgan fingerprint density at radius 1 is 1.37 bits per heavy atom. The van der Waals surface area contributed by atoms with Crippen LogP contribution in [-0.4, -0.2) is 11.6 Å². The van der Waals surface area contributed by atoms with Crippen LogP contribution < -0.4 is 10.5 Å². The molecule has 19 heavy (non-hydrogen) atoms. The summed E-state index contributed by atoms with van der Waals surface area (Å²) in [6.45, 7) is 2.25. The zero-order valence-electron chi connectivity index (χ0n) is 10.3. The highest BCUT2D eigenvalue weighted by atomic mass is 35.5. The van der Waals surface area contributed by atoms with Gasteiger partial charge in [-0.15, -0.1) is 0 Å². The lowest BCUT2D eigenvalue weighted by Crippen LogP contribution is -2.34. The zero-order valence-corrected chi connectivity index (χ0v) is 11.0. The van der Waals surface area contributed by atoms with Gasteiger partial charge in [-0.05, 0) is 37.3 Å². The van der Waals surface area contributed by atoms with E-state index in [4.69, 9.17) is 22.1 Å². The monoisotopic (exact) mass is 278 g/mol. The maximum atomic E-state index is 13.0. The molecule has 0 bridgehead atoms. The summed E-state index contributed by atoms with van der Waals surface area (Å²) >= 11 is 6.04. The summed E-state index contributed by atoms with van der Waals surface area (Å²) in [4.78, 5) is 4.27. The van der Waals surface area contributed by atoms with E-state index in [0.717, 1.165) is 11.1 Å². The van der Waals surface area contributed by atoms with Gasteiger partial charge in [0.25, 0.3) is 0 Å². The van der Waals surface area contributed by atoms with Crippen molar-refractivity contribution in [3.05, 3.63) is 46.9 Å². The first-order valence-electron chi connectivity index (χ1n) is 5.86. The van der Waals surface area contributed by atoms with Crippen molar-refractivity contribution in [1.29, 1.82) is 0 Å². The molecular formula is C14H12ClFN2O. The minimum Gasteiger partial charge on any atom is -0.489 e. The lowest BCUT2D eigenvalue weighted by molar-refractivity contribution is 0.283. The van der Waals surface area contributed by atoms with E-state index in [9.17, 15) is 4.39 Å². The lowest BCUT2D eigenvalue weighted by Gasteiger charge is -2.15. The van der Waals surface area contributed by atoms with E-state index in [-0.39, 0.29) is 5.82 Å². The molecule has 1 aromatic carbocycles. The first kappa shape index (κ1) is 12.4. The highest BCUT2D eigenvalue weighted by Crippen LogP contribution is 2.42. The predicted molar refractivity (Wildman–Crippen MR) is 71.7 cm³/mol. The number of fused-ring (bicyclic) bond motifs is 1. The second-order valence-electron chi connectivity index (χ2n) is 4.88. The zero-order chi connectivity index (χ0) is 13.6. The lowest BCUT2D eigenvalue weighted by atomic mass is 9.95. The molecule has 0 radical (unpaired) electrons. The van der Waals surface area contributed by atoms with Gasteiger partial charge in [0.05, 0.1) is 5.54 Å². The fourth-order valence-electron chi connectivity index (χ4n) is 2.18. The van der Waals surface area contributed by atoms with Gasteiger partial charge >= 0.3 is 0 Å². The van der Waals surface area contributed by atoms with Crippen LogP contribution >= 0.6 is 11.6 Å². The van der Waals surface area contributed by atoms with E-state index >= 15 is 0 Å². The van der Waals surface area contributed by atoms with Crippen molar-refractivity contribution in [2.75, 3.05) is 6.61 Å². The molecule has 0 spiro atoms. The average Bonchev–Trinajstić information content (AvgIpc) is 2.66. The summed E-state index contributed by atoms with van der Waals surface area (Å²) in [5.41, 5.74) is 7.74. The Morgan fingerprint density at radius 3 is 2.74 bits per heavy atom. The number of halogens is 2. The Kier molecular flexibility index (Phi) is 2.73. The summed E-state index contributed by atoms with van der Waals surface area (Å²) in [6, 6.07) is 7.76. The van der Waals surface area contributed by atoms with Crippen LogP contribution in [-0.2, 0) is 5.54 Å². The van der Waals surface area contributed by atoms with Crippen LogP contribution in [0.2, 0.25) is 5.15 Å². The van der Waals surface area contributed by atoms with E-state index in [1.54, 1.807) is 18.2 Å². The van der Waals surface area contributed by atoms with Crippen LogP contribution in [0.5, 0.6) is 5.75 Å². The molecule has 5 heteroatoms. The molecule has 0 saturated carbocycles. The summed E-state index contributed by atoms with van der Waals surface area (Å²) in [5, 5.41) is 0.347. The van der Waals surface area contributed by atoms with Gasteiger partial charge in [-0.1, -0.05) is 11.6 Å². The Morgan fingerprint density at radius 2 is 2.05 bits per heavy atom. The number of nitrogens with two attached hydrogens (primary N) is 1. The maximum absolute atomic E-state index is 13.0. The molecule has 1 aliphatic heterocycles. The van der Waals surface area contributed by atoms with Crippen molar-refractivity contribution in [2.24, 2.45) is 5.73 Å². The highest BCUT2D eigenvalue weighted by Gasteiger charge is 2.35. The Balaban J connectivity index is 2.21. The molecule has 1 unspecified atom stereocenters. The molecule has 3 rings (SSSR count). The van der Waals surface area contributed by atoms with Gasteiger partial charge in [-0.25, -0.2) is 9.37 Å². The van der Waals surface area contributed by atoms with Crippen LogP contribution in [0.25, 0.3) is 11.3 Å². The third-order valence-electron chi connectivity index (χ3n) is 3.19. The second-order valence-corrected chi connectivity index (χ2v) is 5.27. The Bertz CT molecular complexity index is 641. The fraction of sp³-hybridized carbons (Fsp3) is 0.214. The minimum atomic E-state index is -0.587. The molecule has 1 aromatic heterocycles. The molecule has 1 aliphatic rings. The van der Waals surface area contributed by atoms with Gasteiger partial charge in [-0.3, -0.25) is 0 Å². The Hall–Kier alpha value is -1.65. The molecule has 0 saturated heterocycles. The number of ether oxygens (including phenoxy) is 1. The summed E-state index contributed by atoms with van der Waals surface area (Å²) < 4.78 is 18.6. The molecule has 0 amide bonds. The van der Waals surface area contributed by atoms with Gasteiger partial charge in [0, 0.05) is 11.1 Å². The third-order valence-corrected chi connectivity index (χ3v) is 3.38. The molecule has 0 fully saturated rings. The van der Waals surface area contributed by atoms with E-state index in [1.165, 1.54) is 12.1 Å². The average molecular weight is 279 g/mol. The molecule has 1 atom stereocenters. The number of nitrogens with zero attached hydrogens (tertiary/aromatic N) is 1. The van der Waals surface area contributed by atoms with Crippen molar-refractivity contribution in [3.8, 4) is 17.0 Å². The number of rotatable bonds is 1. The van der Waals surface area contributed by atoms with E-state index in [1.807, 2.05) is 6.92 Å². The van der Waals surface area contributed by atoms with Crippen molar-refractivity contribution in [3.63, 3.8) is 0 Å². The van der Waals surface area contributed by atoms with Gasteiger partial charge in [0.2, 0.25) is 0 Å². The van der Waals surface area contributed by atoms with Crippen molar-refractivity contribution in [1.82, 2.24) is 4.98 Å². The van der Waals surface area contributed by atoms with Crippen molar-refractivity contribution < 1.29 is 9.13 Å². The SMILES string of the molecule is CC1(N)COc2c1cc(Cl)nc2-c1ccc(F)cc1. The quantitative estimate of drug-likeness (QED) is 0.816. The molecule has 2 N–H and O–H groups in total. The molecule has 2 aromatic rings. The van der Waals surface area contributed by atoms with Gasteiger partial charge in [0.15, 0.2) is 5.75 Å². The second kappa shape index (κ2) is 4.18. The smallest absolute Gasteiger partial charge is 0.150 e. The summed E-state index contributed by atoms with van der Waals surface area (Å²) in [6.07, 6.45) is 0. The number of pyridine rings is 1. The molecule has 3 nitrogen and oxygen atoms in total. The number of hydrogen-bond donors (Lipinski definition) is 1. The largest absolute Gasteiger partial charge is 0.489 e. The van der Waals surface area contributed by atoms with Crippen LogP contribution in [0.4, 0.5) is 4.39 Å². The van der Waals surface area contributed by atoms with Crippen LogP contribution in [0.15, 0.2) is 30.3 Å². The number of benzene rings is 1. The topological polar surface area (TPSA) is 48.1 Å². The number of aromatic nitrogens is 1. The van der Waals surface area contributed by atoms with Crippen LogP contribution in [0.1, 0.15) is 12.5 Å². The van der Waals surface area contributed by atoms with Gasteiger partial charge in [-0.2, -0.15) is 0 Å². The van der Waals surface area contributed by atoms with Crippen LogP contribution in [0.3, 0.4) is 0 Å². The molecule has 2 heterocycles. The van der Waals surface area contributed by atoms with Crippen molar-refractivity contribution in [2.45, 2.75) is 12.5 Å². The predicted octanol–water partition coefficient (Wildman–Crippen LogP) is 3.11. The minimum absolute atomic E-state index is 0.299. The van der Waals surface area contributed by atoms with Gasteiger partial charge in [0.1, 0.15) is 23.3 Å². The normalized spacial score (nSPS) is 21.1. The van der Waals surface area contributed by atoms with Crippen LogP contribution in [0, 0.1) is 5.82 Å². The Labute approximate surface area is 115 Å². The highest BCUT2D eigenvalue weighted by molar-refractivity contribution is 6.29. The summed E-state index contributed by atoms with van der Waals surface area (Å²) in [5.74, 6) is 0.327. The standard InChI is InChI=1S/C14H12ClFN2O/c1-14(17)7-19-13-10(14)6-11(15)18-12(13)8-2-4-9(16)5-3-8/h2-6H,7,17H2,1H3. The maximum Gasteiger partial charge on any atom is 0.150 e. The molecule has 98 valence electrons.